The van der Waals surface area contributed by atoms with Crippen LogP contribution in [0.2, 0.25) is 0 Å². The molecule has 19 heteroatoms. The minimum Gasteiger partial charge on any atom is -0.458 e. The predicted octanol–water partition coefficient (Wildman–Crippen LogP) is 1.74. The number of anilines is 1. The molecule has 13 atom stereocenters. The van der Waals surface area contributed by atoms with Gasteiger partial charge in [-0.3, -0.25) is 24.0 Å². The Morgan fingerprint density at radius 1 is 1.13 bits per heavy atom. The van der Waals surface area contributed by atoms with E-state index < -0.39 is 83.7 Å². The highest BCUT2D eigenvalue weighted by molar-refractivity contribution is 6.00. The number of carbonyl (C=O) groups is 4. The third-order valence-corrected chi connectivity index (χ3v) is 12.8. The lowest BCUT2D eigenvalue weighted by Gasteiger charge is -2.45. The Labute approximate surface area is 364 Å². The van der Waals surface area contributed by atoms with E-state index in [-0.39, 0.29) is 37.4 Å². The van der Waals surface area contributed by atoms with Crippen LogP contribution in [-0.2, 0) is 44.6 Å². The first kappa shape index (κ1) is 48.8. The molecule has 3 saturated heterocycles. The fraction of sp³-hybridized carbons (Fsp3) is 0.721. The lowest BCUT2D eigenvalue weighted by atomic mass is 9.78. The van der Waals surface area contributed by atoms with Crippen molar-refractivity contribution in [1.29, 1.82) is 0 Å². The first-order valence-corrected chi connectivity index (χ1v) is 21.8. The number of amides is 2. The number of hydrogen-bond donors (Lipinski definition) is 6. The molecule has 1 aromatic heterocycles. The van der Waals surface area contributed by atoms with E-state index in [4.69, 9.17) is 40.9 Å². The largest absolute Gasteiger partial charge is 0.458 e. The first-order valence-electron chi connectivity index (χ1n) is 21.8. The molecule has 2 aromatic rings. The second-order valence-corrected chi connectivity index (χ2v) is 17.7. The van der Waals surface area contributed by atoms with Crippen molar-refractivity contribution in [2.24, 2.45) is 29.2 Å². The summed E-state index contributed by atoms with van der Waals surface area (Å²) in [5.74, 6) is -3.95. The highest BCUT2D eigenvalue weighted by Crippen LogP contribution is 2.40. The molecule has 5 rings (SSSR count). The molecule has 0 bridgehead atoms. The topological polar surface area (TPSA) is 271 Å². The second kappa shape index (κ2) is 21.0. The predicted molar refractivity (Wildman–Crippen MR) is 229 cm³/mol. The van der Waals surface area contributed by atoms with Crippen molar-refractivity contribution in [3.05, 3.63) is 30.5 Å². The van der Waals surface area contributed by atoms with E-state index in [0.717, 1.165) is 5.56 Å². The molecular weight excluding hydrogens is 803 g/mol. The van der Waals surface area contributed by atoms with E-state index in [1.54, 1.807) is 23.4 Å². The molecule has 0 saturated carbocycles. The smallest absolute Gasteiger partial charge is 0.410 e. The second-order valence-electron chi connectivity index (χ2n) is 17.7. The summed E-state index contributed by atoms with van der Waals surface area (Å²) in [6.07, 6.45) is -1.54. The van der Waals surface area contributed by atoms with Crippen LogP contribution >= 0.6 is 0 Å². The van der Waals surface area contributed by atoms with Crippen LogP contribution in [0, 0.1) is 17.8 Å². The number of benzene rings is 1. The number of Topliss-reactive ketones (excluding diaryl/α,β-unsaturated/α-hetero) is 1. The number of aliphatic hydroxyl groups excluding tert-OH is 1. The van der Waals surface area contributed by atoms with Crippen LogP contribution in [0.1, 0.15) is 80.6 Å². The number of aromatic nitrogens is 3. The van der Waals surface area contributed by atoms with E-state index in [9.17, 15) is 24.3 Å². The molecule has 346 valence electrons. The zero-order valence-corrected chi connectivity index (χ0v) is 37.5. The van der Waals surface area contributed by atoms with Crippen molar-refractivity contribution in [1.82, 2.24) is 30.5 Å². The van der Waals surface area contributed by atoms with Crippen molar-refractivity contribution < 1.29 is 48.0 Å². The number of nitrogens with one attached hydrogen (secondary N) is 2. The van der Waals surface area contributed by atoms with Crippen molar-refractivity contribution in [3.63, 3.8) is 0 Å². The molecule has 3 aliphatic rings. The number of unbranched alkanes of at least 4 members (excludes halogenated alkanes) is 1. The number of ketones is 1. The number of nitrogens with two attached hydrogens (primary N) is 3. The van der Waals surface area contributed by atoms with Crippen LogP contribution in [0.3, 0.4) is 0 Å². The quantitative estimate of drug-likeness (QED) is 0.0724. The monoisotopic (exact) mass is 872 g/mol. The van der Waals surface area contributed by atoms with Gasteiger partial charge in [-0.1, -0.05) is 38.1 Å². The van der Waals surface area contributed by atoms with Crippen molar-refractivity contribution in [2.75, 3.05) is 39.0 Å². The van der Waals surface area contributed by atoms with Crippen molar-refractivity contribution in [2.45, 2.75) is 147 Å². The Balaban J connectivity index is 1.37. The fourth-order valence-electron chi connectivity index (χ4n) is 9.31. The molecule has 4 heterocycles. The number of aliphatic hydroxyl groups is 1. The standard InChI is InChI=1S/C43H69N9O10/c1-9-33-43(7)37(52(41(57)62-43)16-11-10-15-51-23-32(49-50-51)28-13-12-14-29(45)17-28)27(5)47-21-24(2)19-42(6,58-8)38(25(3)35(54)26(4)39(56)60-33)61-40-36(55)31(46)18-30(59-40)22-48-34(53)20-44/h12-14,17,23-27,30-31,33,36-38,40,47,55H,9-11,15-16,18-22,44-46H2,1-8H3,(H,48,53)/t24-,25+,26-,27-,30+,31?,33-,36?,37-,38-,40+,42-,43-/m1/s1. The van der Waals surface area contributed by atoms with Gasteiger partial charge in [0.1, 0.15) is 23.8 Å². The molecule has 2 amide bonds. The highest BCUT2D eigenvalue weighted by atomic mass is 16.7. The maximum absolute atomic E-state index is 14.4. The zero-order chi connectivity index (χ0) is 45.5. The van der Waals surface area contributed by atoms with Gasteiger partial charge < -0.3 is 56.6 Å². The maximum atomic E-state index is 14.4. The van der Waals surface area contributed by atoms with E-state index >= 15 is 0 Å². The minimum atomic E-state index is -1.29. The average molecular weight is 872 g/mol. The number of aryl methyl sites for hydroxylation is 1. The van der Waals surface area contributed by atoms with Crippen LogP contribution in [-0.4, -0.2) is 142 Å². The van der Waals surface area contributed by atoms with Crippen LogP contribution in [0.4, 0.5) is 10.5 Å². The number of nitrogen functional groups attached to an aromatic ring is 1. The summed E-state index contributed by atoms with van der Waals surface area (Å²) < 4.78 is 33.0. The van der Waals surface area contributed by atoms with Gasteiger partial charge in [-0.05, 0) is 84.4 Å². The molecular formula is C43H69N9O10. The molecule has 0 radical (unpaired) electrons. The van der Waals surface area contributed by atoms with Gasteiger partial charge in [-0.15, -0.1) is 5.10 Å². The Kier molecular flexibility index (Phi) is 16.5. The maximum Gasteiger partial charge on any atom is 0.410 e. The Morgan fingerprint density at radius 2 is 1.85 bits per heavy atom. The number of fused-ring (bicyclic) bond motifs is 1. The van der Waals surface area contributed by atoms with Gasteiger partial charge in [0, 0.05) is 56.0 Å². The molecule has 3 fully saturated rings. The molecule has 3 aliphatic heterocycles. The molecule has 9 N–H and O–H groups in total. The van der Waals surface area contributed by atoms with Gasteiger partial charge in [-0.25, -0.2) is 4.79 Å². The van der Waals surface area contributed by atoms with Gasteiger partial charge in [0.2, 0.25) is 5.91 Å². The van der Waals surface area contributed by atoms with Gasteiger partial charge >= 0.3 is 12.1 Å². The van der Waals surface area contributed by atoms with Gasteiger partial charge in [-0.2, -0.15) is 0 Å². The third-order valence-electron chi connectivity index (χ3n) is 12.8. The summed E-state index contributed by atoms with van der Waals surface area (Å²) in [7, 11) is 1.52. The number of methoxy groups -OCH3 is 1. The number of ether oxygens (including phenoxy) is 5. The molecule has 62 heavy (non-hydrogen) atoms. The molecule has 2 unspecified atom stereocenters. The molecule has 19 nitrogen and oxygen atoms in total. The van der Waals surface area contributed by atoms with Crippen molar-refractivity contribution in [3.8, 4) is 11.3 Å². The minimum absolute atomic E-state index is 0.0848. The summed E-state index contributed by atoms with van der Waals surface area (Å²) in [6.45, 7) is 13.9. The Hall–Kier alpha value is -4.24. The Morgan fingerprint density at radius 3 is 2.53 bits per heavy atom. The lowest BCUT2D eigenvalue weighted by molar-refractivity contribution is -0.290. The van der Waals surface area contributed by atoms with E-state index in [2.05, 4.69) is 20.9 Å². The van der Waals surface area contributed by atoms with Gasteiger partial charge in [0.25, 0.3) is 0 Å². The Bertz CT molecular complexity index is 1850. The first-order chi connectivity index (χ1) is 29.3. The average Bonchev–Trinajstić information content (AvgIpc) is 3.83. The summed E-state index contributed by atoms with van der Waals surface area (Å²) >= 11 is 0. The molecule has 0 spiro atoms. The van der Waals surface area contributed by atoms with E-state index in [1.165, 1.54) is 14.0 Å². The van der Waals surface area contributed by atoms with Crippen LogP contribution < -0.4 is 27.8 Å². The zero-order valence-electron chi connectivity index (χ0n) is 37.5. The molecule has 0 aliphatic carbocycles. The van der Waals surface area contributed by atoms with E-state index in [1.807, 2.05) is 58.2 Å². The number of carbonyl (C=O) groups excluding carboxylic acids is 4. The molecule has 1 aromatic carbocycles. The van der Waals surface area contributed by atoms with Gasteiger partial charge in [0.05, 0.1) is 36.6 Å². The lowest BCUT2D eigenvalue weighted by Crippen LogP contribution is -2.61. The SMILES string of the molecule is CC[C@H]1OC(=O)[C@H](C)C(=O)[C@H](C)[C@@H](O[C@@H]2O[C@H](CNC(=O)CN)CC(N)C2O)[C@](C)(OC)C[C@@H](C)CN[C@H](C)[C@H]2N(CCCCn3cc(-c4cccc(N)c4)nn3)C(=O)O[C@]12C. The highest BCUT2D eigenvalue weighted by Gasteiger charge is 2.58. The van der Waals surface area contributed by atoms with Crippen LogP contribution in [0.15, 0.2) is 30.5 Å². The number of nitrogens with zero attached hydrogens (tertiary/aromatic N) is 4. The normalized spacial score (nSPS) is 35.0. The number of cyclic esters (lactones) is 1. The van der Waals surface area contributed by atoms with Crippen LogP contribution in [0.5, 0.6) is 0 Å². The number of esters is 1. The summed E-state index contributed by atoms with van der Waals surface area (Å²) in [5, 5.41) is 26.1. The number of rotatable bonds is 13. The fourth-order valence-corrected chi connectivity index (χ4v) is 9.31. The third kappa shape index (κ3) is 11.1. The van der Waals surface area contributed by atoms with Gasteiger partial charge in [0.15, 0.2) is 17.7 Å². The van der Waals surface area contributed by atoms with E-state index in [0.29, 0.717) is 56.7 Å². The number of hydrogen-bond acceptors (Lipinski definition) is 16. The summed E-state index contributed by atoms with van der Waals surface area (Å²) in [4.78, 5) is 55.9. The van der Waals surface area contributed by atoms with Crippen molar-refractivity contribution >= 4 is 29.4 Å². The van der Waals surface area contributed by atoms with Crippen LogP contribution in [0.25, 0.3) is 11.3 Å². The summed E-state index contributed by atoms with van der Waals surface area (Å²) in [6, 6.07) is 5.78. The summed E-state index contributed by atoms with van der Waals surface area (Å²) in [5.41, 5.74) is 17.5.